The van der Waals surface area contributed by atoms with Crippen molar-refractivity contribution in [3.05, 3.63) is 35.9 Å². The summed E-state index contributed by atoms with van der Waals surface area (Å²) in [6.07, 6.45) is 3.65. The highest BCUT2D eigenvalue weighted by molar-refractivity contribution is 5.27. The van der Waals surface area contributed by atoms with Gasteiger partial charge in [-0.1, -0.05) is 43.7 Å². The van der Waals surface area contributed by atoms with Crippen LogP contribution < -0.4 is 0 Å². The second kappa shape index (κ2) is 6.51. The van der Waals surface area contributed by atoms with Crippen molar-refractivity contribution in [3.63, 3.8) is 0 Å². The SMILES string of the molecule is CC(CO)(c1ccccc1)C(CO)N1CCCCC1. The quantitative estimate of drug-likeness (QED) is 0.851. The van der Waals surface area contributed by atoms with Gasteiger partial charge in [0, 0.05) is 11.5 Å². The minimum Gasteiger partial charge on any atom is -0.395 e. The molecule has 0 spiro atoms. The summed E-state index contributed by atoms with van der Waals surface area (Å²) in [5.74, 6) is 0. The van der Waals surface area contributed by atoms with Crippen molar-refractivity contribution in [2.75, 3.05) is 26.3 Å². The fourth-order valence-electron chi connectivity index (χ4n) is 3.16. The lowest BCUT2D eigenvalue weighted by Gasteiger charge is -2.44. The van der Waals surface area contributed by atoms with Gasteiger partial charge in [0.25, 0.3) is 0 Å². The molecule has 1 fully saturated rings. The Morgan fingerprint density at radius 3 is 2.26 bits per heavy atom. The molecule has 2 N–H and O–H groups in total. The maximum atomic E-state index is 9.93. The van der Waals surface area contributed by atoms with Gasteiger partial charge in [-0.25, -0.2) is 0 Å². The fourth-order valence-corrected chi connectivity index (χ4v) is 3.16. The average molecular weight is 263 g/mol. The number of rotatable bonds is 5. The number of likely N-dealkylation sites (tertiary alicyclic amines) is 1. The summed E-state index contributed by atoms with van der Waals surface area (Å²) in [6.45, 7) is 4.24. The number of hydrogen-bond acceptors (Lipinski definition) is 3. The van der Waals surface area contributed by atoms with E-state index in [-0.39, 0.29) is 19.3 Å². The van der Waals surface area contributed by atoms with Crippen LogP contribution in [0, 0.1) is 0 Å². The highest BCUT2D eigenvalue weighted by atomic mass is 16.3. The molecule has 1 aromatic rings. The normalized spacial score (nSPS) is 21.8. The Hall–Kier alpha value is -0.900. The van der Waals surface area contributed by atoms with E-state index >= 15 is 0 Å². The molecule has 0 aliphatic carbocycles. The molecule has 1 saturated heterocycles. The van der Waals surface area contributed by atoms with E-state index in [0.29, 0.717) is 0 Å². The minimum atomic E-state index is -0.409. The molecule has 3 heteroatoms. The molecule has 19 heavy (non-hydrogen) atoms. The first kappa shape index (κ1) is 14.5. The highest BCUT2D eigenvalue weighted by Gasteiger charge is 2.39. The van der Waals surface area contributed by atoms with Gasteiger partial charge in [-0.2, -0.15) is 0 Å². The van der Waals surface area contributed by atoms with Crippen molar-refractivity contribution in [1.29, 1.82) is 0 Å². The third-order valence-corrected chi connectivity index (χ3v) is 4.50. The van der Waals surface area contributed by atoms with Crippen LogP contribution in [0.15, 0.2) is 30.3 Å². The van der Waals surface area contributed by atoms with Crippen molar-refractivity contribution < 1.29 is 10.2 Å². The molecule has 106 valence electrons. The van der Waals surface area contributed by atoms with Gasteiger partial charge in [0.15, 0.2) is 0 Å². The summed E-state index contributed by atoms with van der Waals surface area (Å²) in [5.41, 5.74) is 0.690. The van der Waals surface area contributed by atoms with Gasteiger partial charge in [-0.05, 0) is 31.5 Å². The third kappa shape index (κ3) is 2.99. The first-order chi connectivity index (χ1) is 9.22. The van der Waals surface area contributed by atoms with Crippen molar-refractivity contribution in [2.24, 2.45) is 0 Å². The summed E-state index contributed by atoms with van der Waals surface area (Å²) < 4.78 is 0. The maximum absolute atomic E-state index is 9.93. The molecule has 3 nitrogen and oxygen atoms in total. The first-order valence-corrected chi connectivity index (χ1v) is 7.23. The molecule has 0 bridgehead atoms. The summed E-state index contributed by atoms with van der Waals surface area (Å²) in [4.78, 5) is 2.34. The predicted molar refractivity (Wildman–Crippen MR) is 77.2 cm³/mol. The van der Waals surface area contributed by atoms with Crippen LogP contribution in [0.4, 0.5) is 0 Å². The Kier molecular flexibility index (Phi) is 4.97. The van der Waals surface area contributed by atoms with Crippen LogP contribution in [0.5, 0.6) is 0 Å². The zero-order valence-electron chi connectivity index (χ0n) is 11.8. The van der Waals surface area contributed by atoms with E-state index in [1.165, 1.54) is 19.3 Å². The molecule has 0 saturated carbocycles. The van der Waals surface area contributed by atoms with Gasteiger partial charge < -0.3 is 10.2 Å². The van der Waals surface area contributed by atoms with Gasteiger partial charge >= 0.3 is 0 Å². The van der Waals surface area contributed by atoms with Crippen LogP contribution in [0.3, 0.4) is 0 Å². The molecular weight excluding hydrogens is 238 g/mol. The number of nitrogens with zero attached hydrogens (tertiary/aromatic N) is 1. The van der Waals surface area contributed by atoms with Crippen LogP contribution in [-0.4, -0.2) is 47.5 Å². The molecular formula is C16H25NO2. The summed E-state index contributed by atoms with van der Waals surface area (Å²) in [7, 11) is 0. The lowest BCUT2D eigenvalue weighted by molar-refractivity contribution is 0.0277. The standard InChI is InChI=1S/C16H25NO2/c1-16(13-19,14-8-4-2-5-9-14)15(12-18)17-10-6-3-7-11-17/h2,4-5,8-9,15,18-19H,3,6-7,10-13H2,1H3. The van der Waals surface area contributed by atoms with E-state index < -0.39 is 5.41 Å². The molecule has 1 aliphatic heterocycles. The van der Waals surface area contributed by atoms with Crippen molar-refractivity contribution in [2.45, 2.75) is 37.6 Å². The molecule has 1 heterocycles. The minimum absolute atomic E-state index is 0.0137. The zero-order valence-corrected chi connectivity index (χ0v) is 11.8. The number of piperidine rings is 1. The van der Waals surface area contributed by atoms with Crippen molar-refractivity contribution >= 4 is 0 Å². The van der Waals surface area contributed by atoms with Gasteiger partial charge in [0.1, 0.15) is 0 Å². The second-order valence-electron chi connectivity index (χ2n) is 5.74. The van der Waals surface area contributed by atoms with E-state index in [4.69, 9.17) is 0 Å². The Morgan fingerprint density at radius 2 is 1.74 bits per heavy atom. The number of aliphatic hydroxyl groups is 2. The number of benzene rings is 1. The lowest BCUT2D eigenvalue weighted by Crippen LogP contribution is -2.54. The van der Waals surface area contributed by atoms with E-state index in [9.17, 15) is 10.2 Å². The van der Waals surface area contributed by atoms with E-state index in [0.717, 1.165) is 18.7 Å². The molecule has 1 aromatic carbocycles. The number of hydrogen-bond donors (Lipinski definition) is 2. The molecule has 1 aliphatic rings. The summed E-state index contributed by atoms with van der Waals surface area (Å²) >= 11 is 0. The Labute approximate surface area is 115 Å². The molecule has 0 amide bonds. The Bertz CT molecular complexity index is 376. The van der Waals surface area contributed by atoms with Crippen LogP contribution >= 0.6 is 0 Å². The molecule has 2 rings (SSSR count). The van der Waals surface area contributed by atoms with Crippen LogP contribution in [0.25, 0.3) is 0 Å². The monoisotopic (exact) mass is 263 g/mol. The zero-order chi connectivity index (χ0) is 13.7. The first-order valence-electron chi connectivity index (χ1n) is 7.23. The number of aliphatic hydroxyl groups excluding tert-OH is 2. The van der Waals surface area contributed by atoms with Crippen LogP contribution in [-0.2, 0) is 5.41 Å². The van der Waals surface area contributed by atoms with Gasteiger partial charge in [0.2, 0.25) is 0 Å². The summed E-state index contributed by atoms with van der Waals surface area (Å²) in [5, 5.41) is 19.8. The molecule has 2 unspecified atom stereocenters. The largest absolute Gasteiger partial charge is 0.395 e. The highest BCUT2D eigenvalue weighted by Crippen LogP contribution is 2.31. The Balaban J connectivity index is 2.26. The molecule has 0 radical (unpaired) electrons. The topological polar surface area (TPSA) is 43.7 Å². The predicted octanol–water partition coefficient (Wildman–Crippen LogP) is 1.78. The van der Waals surface area contributed by atoms with E-state index in [1.807, 2.05) is 30.3 Å². The second-order valence-corrected chi connectivity index (χ2v) is 5.74. The smallest absolute Gasteiger partial charge is 0.0596 e. The van der Waals surface area contributed by atoms with E-state index in [2.05, 4.69) is 11.8 Å². The van der Waals surface area contributed by atoms with Gasteiger partial charge in [-0.15, -0.1) is 0 Å². The van der Waals surface area contributed by atoms with Crippen LogP contribution in [0.1, 0.15) is 31.7 Å². The van der Waals surface area contributed by atoms with Crippen molar-refractivity contribution in [3.8, 4) is 0 Å². The Morgan fingerprint density at radius 1 is 1.11 bits per heavy atom. The van der Waals surface area contributed by atoms with Gasteiger partial charge in [-0.3, -0.25) is 4.90 Å². The maximum Gasteiger partial charge on any atom is 0.0596 e. The van der Waals surface area contributed by atoms with Crippen LogP contribution in [0.2, 0.25) is 0 Å². The third-order valence-electron chi connectivity index (χ3n) is 4.50. The molecule has 2 atom stereocenters. The fraction of sp³-hybridized carbons (Fsp3) is 0.625. The average Bonchev–Trinajstić information content (AvgIpc) is 2.49. The van der Waals surface area contributed by atoms with E-state index in [1.54, 1.807) is 0 Å². The van der Waals surface area contributed by atoms with Crippen molar-refractivity contribution in [1.82, 2.24) is 4.90 Å². The summed E-state index contributed by atoms with van der Waals surface area (Å²) in [6, 6.07) is 10.0. The lowest BCUT2D eigenvalue weighted by atomic mass is 9.75. The van der Waals surface area contributed by atoms with Gasteiger partial charge in [0.05, 0.1) is 13.2 Å². The molecule has 0 aromatic heterocycles.